The number of nitrogens with zero attached hydrogens (tertiary/aromatic N) is 1. The number of H-pyrrole nitrogens is 1. The van der Waals surface area contributed by atoms with Gasteiger partial charge in [-0.25, -0.2) is 13.8 Å². The van der Waals surface area contributed by atoms with E-state index in [1.807, 2.05) is 30.3 Å². The smallest absolute Gasteiger partial charge is 0.161 e. The first-order valence-electron chi connectivity index (χ1n) is 5.80. The van der Waals surface area contributed by atoms with Crippen molar-refractivity contribution in [1.29, 1.82) is 0 Å². The topological polar surface area (TPSA) is 54.7 Å². The first kappa shape index (κ1) is 11.8. The fourth-order valence-corrected chi connectivity index (χ4v) is 1.99. The molecule has 0 aliphatic rings. The van der Waals surface area contributed by atoms with Crippen molar-refractivity contribution in [3.63, 3.8) is 0 Å². The minimum atomic E-state index is -0.918. The highest BCUT2D eigenvalue weighted by molar-refractivity contribution is 5.75. The molecule has 1 atom stereocenters. The number of rotatable bonds is 2. The molecule has 0 aliphatic heterocycles. The Kier molecular flexibility index (Phi) is 2.76. The summed E-state index contributed by atoms with van der Waals surface area (Å²) in [5.41, 5.74) is 7.74. The Bertz CT molecular complexity index is 683. The normalized spacial score (nSPS) is 12.8. The molecule has 3 rings (SSSR count). The number of aromatic nitrogens is 2. The zero-order chi connectivity index (χ0) is 13.4. The Hall–Kier alpha value is -2.27. The monoisotopic (exact) mass is 259 g/mol. The van der Waals surface area contributed by atoms with Crippen molar-refractivity contribution in [2.75, 3.05) is 0 Å². The van der Waals surface area contributed by atoms with Crippen molar-refractivity contribution in [3.05, 3.63) is 65.5 Å². The van der Waals surface area contributed by atoms with Gasteiger partial charge in [0.2, 0.25) is 0 Å². The van der Waals surface area contributed by atoms with E-state index in [-0.39, 0.29) is 0 Å². The summed E-state index contributed by atoms with van der Waals surface area (Å²) in [4.78, 5) is 7.12. The van der Waals surface area contributed by atoms with Gasteiger partial charge in [-0.1, -0.05) is 30.3 Å². The van der Waals surface area contributed by atoms with Gasteiger partial charge in [0.1, 0.15) is 5.82 Å². The molecule has 0 saturated carbocycles. The molecular formula is C14H11F2N3. The second-order valence-electron chi connectivity index (χ2n) is 4.29. The van der Waals surface area contributed by atoms with Gasteiger partial charge in [0.15, 0.2) is 11.6 Å². The lowest BCUT2D eigenvalue weighted by Gasteiger charge is -2.08. The SMILES string of the molecule is NC(c1ccccc1)c1nc2cc(F)c(F)cc2[nH]1. The molecule has 0 fully saturated rings. The number of benzene rings is 2. The molecule has 0 radical (unpaired) electrons. The molecule has 2 aromatic carbocycles. The Morgan fingerprint density at radius 3 is 2.47 bits per heavy atom. The van der Waals surface area contributed by atoms with Crippen molar-refractivity contribution in [1.82, 2.24) is 9.97 Å². The third kappa shape index (κ3) is 2.08. The van der Waals surface area contributed by atoms with Crippen LogP contribution in [0.3, 0.4) is 0 Å². The van der Waals surface area contributed by atoms with Gasteiger partial charge in [-0.3, -0.25) is 0 Å². The van der Waals surface area contributed by atoms with Crippen molar-refractivity contribution in [2.24, 2.45) is 5.73 Å². The third-order valence-corrected chi connectivity index (χ3v) is 3.00. The summed E-state index contributed by atoms with van der Waals surface area (Å²) in [6.07, 6.45) is 0. The summed E-state index contributed by atoms with van der Waals surface area (Å²) in [5.74, 6) is -1.35. The quantitative estimate of drug-likeness (QED) is 0.743. The maximum absolute atomic E-state index is 13.1. The molecule has 0 spiro atoms. The minimum absolute atomic E-state index is 0.361. The third-order valence-electron chi connectivity index (χ3n) is 3.00. The number of fused-ring (bicyclic) bond motifs is 1. The summed E-state index contributed by atoms with van der Waals surface area (Å²) in [5, 5.41) is 0. The summed E-state index contributed by atoms with van der Waals surface area (Å²) >= 11 is 0. The van der Waals surface area contributed by atoms with E-state index in [0.717, 1.165) is 17.7 Å². The van der Waals surface area contributed by atoms with Gasteiger partial charge in [-0.05, 0) is 5.56 Å². The first-order chi connectivity index (χ1) is 9.15. The van der Waals surface area contributed by atoms with E-state index in [4.69, 9.17) is 5.73 Å². The van der Waals surface area contributed by atoms with Crippen LogP contribution in [0.15, 0.2) is 42.5 Å². The number of aromatic amines is 1. The van der Waals surface area contributed by atoms with Crippen LogP contribution in [-0.4, -0.2) is 9.97 Å². The van der Waals surface area contributed by atoms with Crippen molar-refractivity contribution >= 4 is 11.0 Å². The number of halogens is 2. The average molecular weight is 259 g/mol. The van der Waals surface area contributed by atoms with Crippen LogP contribution in [0.4, 0.5) is 8.78 Å². The molecule has 19 heavy (non-hydrogen) atoms. The minimum Gasteiger partial charge on any atom is -0.340 e. The highest BCUT2D eigenvalue weighted by Gasteiger charge is 2.14. The summed E-state index contributed by atoms with van der Waals surface area (Å²) < 4.78 is 26.2. The average Bonchev–Trinajstić information content (AvgIpc) is 2.82. The van der Waals surface area contributed by atoms with Crippen LogP contribution in [0, 0.1) is 11.6 Å². The van der Waals surface area contributed by atoms with Crippen molar-refractivity contribution in [2.45, 2.75) is 6.04 Å². The Labute approximate surface area is 108 Å². The van der Waals surface area contributed by atoms with Crippen LogP contribution in [-0.2, 0) is 0 Å². The number of imidazole rings is 1. The lowest BCUT2D eigenvalue weighted by molar-refractivity contribution is 0.510. The number of hydrogen-bond donors (Lipinski definition) is 2. The van der Waals surface area contributed by atoms with Gasteiger partial charge in [-0.2, -0.15) is 0 Å². The standard InChI is InChI=1S/C14H11F2N3/c15-9-6-11-12(7-10(9)16)19-14(18-11)13(17)8-4-2-1-3-5-8/h1-7,13H,17H2,(H,18,19). The number of nitrogens with two attached hydrogens (primary N) is 1. The van der Waals surface area contributed by atoms with E-state index in [9.17, 15) is 8.78 Å². The van der Waals surface area contributed by atoms with Crippen LogP contribution in [0.2, 0.25) is 0 Å². The zero-order valence-electron chi connectivity index (χ0n) is 9.90. The molecule has 0 bridgehead atoms. The van der Waals surface area contributed by atoms with Crippen molar-refractivity contribution in [3.8, 4) is 0 Å². The molecule has 1 heterocycles. The van der Waals surface area contributed by atoms with Gasteiger partial charge in [0, 0.05) is 12.1 Å². The lowest BCUT2D eigenvalue weighted by atomic mass is 10.1. The maximum Gasteiger partial charge on any atom is 0.161 e. The summed E-state index contributed by atoms with van der Waals surface area (Å²) in [6.45, 7) is 0. The molecule has 3 N–H and O–H groups in total. The largest absolute Gasteiger partial charge is 0.340 e. The van der Waals surface area contributed by atoms with E-state index < -0.39 is 17.7 Å². The molecule has 0 aliphatic carbocycles. The Balaban J connectivity index is 2.06. The second kappa shape index (κ2) is 4.44. The summed E-state index contributed by atoms with van der Waals surface area (Å²) in [7, 11) is 0. The highest BCUT2D eigenvalue weighted by atomic mass is 19.2. The maximum atomic E-state index is 13.1. The predicted molar refractivity (Wildman–Crippen MR) is 68.5 cm³/mol. The van der Waals surface area contributed by atoms with Crippen LogP contribution < -0.4 is 5.73 Å². The number of nitrogens with one attached hydrogen (secondary N) is 1. The van der Waals surface area contributed by atoms with Gasteiger partial charge in [0.05, 0.1) is 17.1 Å². The molecule has 0 saturated heterocycles. The molecule has 0 amide bonds. The molecule has 3 nitrogen and oxygen atoms in total. The molecule has 96 valence electrons. The second-order valence-corrected chi connectivity index (χ2v) is 4.29. The van der Waals surface area contributed by atoms with E-state index in [2.05, 4.69) is 9.97 Å². The molecule has 5 heteroatoms. The van der Waals surface area contributed by atoms with Crippen LogP contribution in [0.25, 0.3) is 11.0 Å². The van der Waals surface area contributed by atoms with Gasteiger partial charge >= 0.3 is 0 Å². The van der Waals surface area contributed by atoms with E-state index in [1.54, 1.807) is 0 Å². The van der Waals surface area contributed by atoms with E-state index in [1.165, 1.54) is 0 Å². The highest BCUT2D eigenvalue weighted by Crippen LogP contribution is 2.21. The van der Waals surface area contributed by atoms with Gasteiger partial charge in [0.25, 0.3) is 0 Å². The van der Waals surface area contributed by atoms with Gasteiger partial charge in [-0.15, -0.1) is 0 Å². The first-order valence-corrected chi connectivity index (χ1v) is 5.80. The number of hydrogen-bond acceptors (Lipinski definition) is 2. The molecular weight excluding hydrogens is 248 g/mol. The Morgan fingerprint density at radius 1 is 1.05 bits per heavy atom. The van der Waals surface area contributed by atoms with Crippen LogP contribution in [0.5, 0.6) is 0 Å². The fraction of sp³-hybridized carbons (Fsp3) is 0.0714. The van der Waals surface area contributed by atoms with E-state index in [0.29, 0.717) is 16.9 Å². The van der Waals surface area contributed by atoms with Crippen LogP contribution >= 0.6 is 0 Å². The Morgan fingerprint density at radius 2 is 1.74 bits per heavy atom. The van der Waals surface area contributed by atoms with Gasteiger partial charge < -0.3 is 10.7 Å². The summed E-state index contributed by atoms with van der Waals surface area (Å²) in [6, 6.07) is 11.1. The lowest BCUT2D eigenvalue weighted by Crippen LogP contribution is -2.13. The predicted octanol–water partition coefficient (Wildman–Crippen LogP) is 2.89. The zero-order valence-corrected chi connectivity index (χ0v) is 9.90. The van der Waals surface area contributed by atoms with Crippen LogP contribution in [0.1, 0.15) is 17.4 Å². The molecule has 3 aromatic rings. The fourth-order valence-electron chi connectivity index (χ4n) is 1.99. The molecule has 1 unspecified atom stereocenters. The van der Waals surface area contributed by atoms with E-state index >= 15 is 0 Å². The molecule has 1 aromatic heterocycles. The van der Waals surface area contributed by atoms with Crippen molar-refractivity contribution < 1.29 is 8.78 Å².